The summed E-state index contributed by atoms with van der Waals surface area (Å²) in [5.74, 6) is -0.775. The molecular formula is C12H13NO2. The van der Waals surface area contributed by atoms with Gasteiger partial charge in [-0.2, -0.15) is 5.26 Å². The van der Waals surface area contributed by atoms with Gasteiger partial charge in [0, 0.05) is 0 Å². The Morgan fingerprint density at radius 2 is 2.20 bits per heavy atom. The van der Waals surface area contributed by atoms with Gasteiger partial charge in [-0.3, -0.25) is 4.79 Å². The summed E-state index contributed by atoms with van der Waals surface area (Å²) in [6, 6.07) is 9.69. The monoisotopic (exact) mass is 203 g/mol. The van der Waals surface area contributed by atoms with E-state index in [4.69, 9.17) is 5.26 Å². The van der Waals surface area contributed by atoms with Crippen molar-refractivity contribution in [3.8, 4) is 6.07 Å². The first-order valence-corrected chi connectivity index (χ1v) is 4.71. The molecule has 0 amide bonds. The smallest absolute Gasteiger partial charge is 0.307 e. The van der Waals surface area contributed by atoms with Crippen LogP contribution in [-0.4, -0.2) is 13.1 Å². The second-order valence-electron chi connectivity index (χ2n) is 3.32. The molecule has 1 unspecified atom stereocenters. The van der Waals surface area contributed by atoms with Crippen LogP contribution < -0.4 is 0 Å². The molecule has 1 rings (SSSR count). The molecule has 0 aliphatic carbocycles. The molecular weight excluding hydrogens is 190 g/mol. The number of methoxy groups -OCH3 is 1. The number of hydrogen-bond donors (Lipinski definition) is 0. The Bertz CT molecular complexity index is 393. The highest BCUT2D eigenvalue weighted by Crippen LogP contribution is 2.22. The summed E-state index contributed by atoms with van der Waals surface area (Å²) in [4.78, 5) is 11.1. The lowest BCUT2D eigenvalue weighted by molar-refractivity contribution is -0.140. The van der Waals surface area contributed by atoms with E-state index in [-0.39, 0.29) is 12.4 Å². The van der Waals surface area contributed by atoms with Gasteiger partial charge in [-0.05, 0) is 18.1 Å². The normalized spacial score (nSPS) is 11.5. The van der Waals surface area contributed by atoms with Crippen LogP contribution in [0.2, 0.25) is 0 Å². The zero-order chi connectivity index (χ0) is 11.3. The van der Waals surface area contributed by atoms with E-state index in [1.165, 1.54) is 7.11 Å². The number of esters is 1. The summed E-state index contributed by atoms with van der Waals surface area (Å²) >= 11 is 0. The summed E-state index contributed by atoms with van der Waals surface area (Å²) in [5.41, 5.74) is 1.92. The first-order valence-electron chi connectivity index (χ1n) is 4.71. The first kappa shape index (κ1) is 11.3. The van der Waals surface area contributed by atoms with Crippen molar-refractivity contribution in [3.63, 3.8) is 0 Å². The third kappa shape index (κ3) is 2.81. The summed E-state index contributed by atoms with van der Waals surface area (Å²) in [5, 5.41) is 8.99. The van der Waals surface area contributed by atoms with Gasteiger partial charge in [-0.25, -0.2) is 0 Å². The molecule has 0 aliphatic heterocycles. The summed E-state index contributed by atoms with van der Waals surface area (Å²) in [7, 11) is 1.33. The standard InChI is InChI=1S/C12H13NO2/c1-9-5-3-4-6-11(9)10(8-13)7-12(14)15-2/h3-6,10H,7H2,1-2H3. The highest BCUT2D eigenvalue weighted by atomic mass is 16.5. The minimum absolute atomic E-state index is 0.109. The van der Waals surface area contributed by atoms with Gasteiger partial charge in [0.1, 0.15) is 0 Å². The van der Waals surface area contributed by atoms with E-state index >= 15 is 0 Å². The first-order chi connectivity index (χ1) is 7.19. The maximum atomic E-state index is 11.1. The molecule has 78 valence electrons. The van der Waals surface area contributed by atoms with Crippen LogP contribution in [-0.2, 0) is 9.53 Å². The Hall–Kier alpha value is -1.82. The van der Waals surface area contributed by atoms with E-state index in [1.807, 2.05) is 31.2 Å². The van der Waals surface area contributed by atoms with E-state index in [9.17, 15) is 4.79 Å². The number of nitrogens with zero attached hydrogens (tertiary/aromatic N) is 1. The fraction of sp³-hybridized carbons (Fsp3) is 0.333. The van der Waals surface area contributed by atoms with Gasteiger partial charge in [-0.15, -0.1) is 0 Å². The third-order valence-electron chi connectivity index (χ3n) is 2.32. The van der Waals surface area contributed by atoms with Gasteiger partial charge < -0.3 is 4.74 Å². The zero-order valence-corrected chi connectivity index (χ0v) is 8.86. The van der Waals surface area contributed by atoms with E-state index in [0.29, 0.717) is 0 Å². The second kappa shape index (κ2) is 5.16. The lowest BCUT2D eigenvalue weighted by atomic mass is 9.93. The highest BCUT2D eigenvalue weighted by molar-refractivity contribution is 5.71. The van der Waals surface area contributed by atoms with E-state index in [2.05, 4.69) is 10.8 Å². The van der Waals surface area contributed by atoms with Crippen molar-refractivity contribution in [2.45, 2.75) is 19.3 Å². The Labute approximate surface area is 89.3 Å². The van der Waals surface area contributed by atoms with Gasteiger partial charge in [-0.1, -0.05) is 24.3 Å². The van der Waals surface area contributed by atoms with Crippen LogP contribution in [0.5, 0.6) is 0 Å². The number of ether oxygens (including phenoxy) is 1. The lowest BCUT2D eigenvalue weighted by Gasteiger charge is -2.10. The third-order valence-corrected chi connectivity index (χ3v) is 2.32. The molecule has 0 heterocycles. The van der Waals surface area contributed by atoms with Crippen LogP contribution in [0.3, 0.4) is 0 Å². The SMILES string of the molecule is COC(=O)CC(C#N)c1ccccc1C. The zero-order valence-electron chi connectivity index (χ0n) is 8.86. The number of carbonyl (C=O) groups excluding carboxylic acids is 1. The van der Waals surface area contributed by atoms with Gasteiger partial charge in [0.2, 0.25) is 0 Å². The molecule has 0 aliphatic rings. The molecule has 0 N–H and O–H groups in total. The topological polar surface area (TPSA) is 50.1 Å². The van der Waals surface area contributed by atoms with Crippen molar-refractivity contribution in [1.29, 1.82) is 5.26 Å². The molecule has 0 saturated carbocycles. The Balaban J connectivity index is 2.89. The van der Waals surface area contributed by atoms with Crippen LogP contribution in [0.4, 0.5) is 0 Å². The molecule has 0 bridgehead atoms. The Kier molecular flexibility index (Phi) is 3.87. The Morgan fingerprint density at radius 3 is 2.73 bits per heavy atom. The van der Waals surface area contributed by atoms with Gasteiger partial charge >= 0.3 is 5.97 Å². The van der Waals surface area contributed by atoms with Crippen molar-refractivity contribution >= 4 is 5.97 Å². The van der Waals surface area contributed by atoms with E-state index < -0.39 is 5.92 Å². The molecule has 3 heteroatoms. The summed E-state index contributed by atoms with van der Waals surface area (Å²) in [6.07, 6.45) is 0.109. The number of hydrogen-bond acceptors (Lipinski definition) is 3. The predicted octanol–water partition coefficient (Wildman–Crippen LogP) is 2.17. The predicted molar refractivity (Wildman–Crippen MR) is 56.2 cm³/mol. The number of benzene rings is 1. The minimum Gasteiger partial charge on any atom is -0.469 e. The van der Waals surface area contributed by atoms with Crippen LogP contribution in [0.1, 0.15) is 23.5 Å². The van der Waals surface area contributed by atoms with Crippen LogP contribution in [0.25, 0.3) is 0 Å². The average Bonchev–Trinajstić information content (AvgIpc) is 2.26. The fourth-order valence-corrected chi connectivity index (χ4v) is 1.45. The second-order valence-corrected chi connectivity index (χ2v) is 3.32. The molecule has 1 aromatic rings. The van der Waals surface area contributed by atoms with E-state index in [0.717, 1.165) is 11.1 Å². The molecule has 1 atom stereocenters. The molecule has 3 nitrogen and oxygen atoms in total. The number of nitriles is 1. The van der Waals surface area contributed by atoms with Crippen molar-refractivity contribution in [2.24, 2.45) is 0 Å². The largest absolute Gasteiger partial charge is 0.469 e. The summed E-state index contributed by atoms with van der Waals surface area (Å²) in [6.45, 7) is 1.93. The fourth-order valence-electron chi connectivity index (χ4n) is 1.45. The molecule has 0 aromatic heterocycles. The molecule has 0 saturated heterocycles. The van der Waals surface area contributed by atoms with E-state index in [1.54, 1.807) is 0 Å². The highest BCUT2D eigenvalue weighted by Gasteiger charge is 2.17. The van der Waals surface area contributed by atoms with Crippen molar-refractivity contribution < 1.29 is 9.53 Å². The molecule has 0 spiro atoms. The molecule has 1 aromatic carbocycles. The van der Waals surface area contributed by atoms with Gasteiger partial charge in [0.15, 0.2) is 0 Å². The van der Waals surface area contributed by atoms with Crippen molar-refractivity contribution in [2.75, 3.05) is 7.11 Å². The molecule has 0 fully saturated rings. The number of carbonyl (C=O) groups is 1. The maximum absolute atomic E-state index is 11.1. The van der Waals surface area contributed by atoms with Crippen LogP contribution in [0.15, 0.2) is 24.3 Å². The van der Waals surface area contributed by atoms with Crippen molar-refractivity contribution in [3.05, 3.63) is 35.4 Å². The molecule has 15 heavy (non-hydrogen) atoms. The lowest BCUT2D eigenvalue weighted by Crippen LogP contribution is -2.08. The van der Waals surface area contributed by atoms with Gasteiger partial charge in [0.25, 0.3) is 0 Å². The Morgan fingerprint density at radius 1 is 1.53 bits per heavy atom. The van der Waals surface area contributed by atoms with Crippen LogP contribution >= 0.6 is 0 Å². The van der Waals surface area contributed by atoms with Crippen LogP contribution in [0, 0.1) is 18.3 Å². The maximum Gasteiger partial charge on any atom is 0.307 e. The van der Waals surface area contributed by atoms with Gasteiger partial charge in [0.05, 0.1) is 25.5 Å². The quantitative estimate of drug-likeness (QED) is 0.707. The summed E-state index contributed by atoms with van der Waals surface area (Å²) < 4.78 is 4.55. The average molecular weight is 203 g/mol. The number of rotatable bonds is 3. The molecule has 0 radical (unpaired) electrons. The van der Waals surface area contributed by atoms with Crippen molar-refractivity contribution in [1.82, 2.24) is 0 Å². The number of aryl methyl sites for hydroxylation is 1. The minimum atomic E-state index is -0.418.